The van der Waals surface area contributed by atoms with Crippen molar-refractivity contribution in [2.45, 2.75) is 94.3 Å². The van der Waals surface area contributed by atoms with E-state index in [-0.39, 0.29) is 74.3 Å². The molecule has 3 aliphatic heterocycles. The van der Waals surface area contributed by atoms with E-state index in [2.05, 4.69) is 24.1 Å². The van der Waals surface area contributed by atoms with Crippen LogP contribution in [0.15, 0.2) is 52.7 Å². The molecule has 53 heavy (non-hydrogen) atoms. The van der Waals surface area contributed by atoms with E-state index in [0.29, 0.717) is 24.4 Å². The van der Waals surface area contributed by atoms with Gasteiger partial charge in [0.1, 0.15) is 11.2 Å². The van der Waals surface area contributed by atoms with E-state index in [0.717, 1.165) is 46.9 Å². The Bertz CT molecular complexity index is 2140. The Morgan fingerprint density at radius 1 is 1.13 bits per heavy atom. The first-order valence-corrected chi connectivity index (χ1v) is 20.3. The summed E-state index contributed by atoms with van der Waals surface area (Å²) < 4.78 is 43.7. The lowest BCUT2D eigenvalue weighted by Gasteiger charge is -2.58. The largest absolute Gasteiger partial charge is 0.505 e. The zero-order chi connectivity index (χ0) is 37.9. The van der Waals surface area contributed by atoms with Crippen LogP contribution in [0, 0.1) is 35.5 Å². The summed E-state index contributed by atoms with van der Waals surface area (Å²) in [5.74, 6) is -1.32. The summed E-state index contributed by atoms with van der Waals surface area (Å²) in [5, 5.41) is 13.2. The molecule has 2 aromatic rings. The van der Waals surface area contributed by atoms with Crippen molar-refractivity contribution in [3.05, 3.63) is 58.2 Å². The van der Waals surface area contributed by atoms with Gasteiger partial charge < -0.3 is 19.3 Å². The number of aliphatic hydroxyl groups excluding tert-OH is 1. The number of hydrogen-bond acceptors (Lipinski definition) is 12. The number of carbonyl (C=O) groups excluding carboxylic acids is 4. The number of thiazole rings is 1. The van der Waals surface area contributed by atoms with E-state index in [1.165, 1.54) is 37.6 Å². The third-order valence-corrected chi connectivity index (χ3v) is 16.2. The van der Waals surface area contributed by atoms with Crippen LogP contribution in [0.5, 0.6) is 0 Å². The SMILES string of the molecule is COC(=O)[C@@H]1CC2=CC(=O)CC[C@]2(C)[C@@]23O[C@@H]2C[C@@]2(C)[C@@H](CC[C@@]24CCC(=O)O4)[C@H]13.Cc1cnc(NC(=O)C2=C(O)c3ccccc3S(=O)(=O)N2C)s1. The maximum absolute atomic E-state index is 13.0. The molecule has 2 spiro atoms. The lowest BCUT2D eigenvalue weighted by molar-refractivity contribution is -0.172. The molecule has 7 aliphatic rings. The van der Waals surface area contributed by atoms with Gasteiger partial charge in [-0.2, -0.15) is 0 Å². The Balaban J connectivity index is 0.000000157. The average Bonchev–Trinajstić information content (AvgIpc) is 3.32. The first-order chi connectivity index (χ1) is 25.0. The maximum Gasteiger partial charge on any atom is 0.309 e. The number of hydrogen-bond donors (Lipinski definition) is 2. The number of rotatable bonds is 3. The number of ketones is 1. The summed E-state index contributed by atoms with van der Waals surface area (Å²) in [6.45, 7) is 6.34. The second-order valence-corrected chi connectivity index (χ2v) is 19.0. The van der Waals surface area contributed by atoms with Crippen LogP contribution in [-0.4, -0.2) is 77.9 Å². The quantitative estimate of drug-likeness (QED) is 0.314. The van der Waals surface area contributed by atoms with Gasteiger partial charge in [0, 0.05) is 53.3 Å². The number of nitrogens with zero attached hydrogens (tertiary/aromatic N) is 2. The number of esters is 2. The molecule has 2 N–H and O–H groups in total. The van der Waals surface area contributed by atoms with E-state index in [1.54, 1.807) is 24.4 Å². The molecule has 5 fully saturated rings. The summed E-state index contributed by atoms with van der Waals surface area (Å²) in [6, 6.07) is 5.99. The van der Waals surface area contributed by atoms with Crippen molar-refractivity contribution in [1.29, 1.82) is 0 Å². The van der Waals surface area contributed by atoms with E-state index in [1.807, 2.05) is 6.92 Å². The van der Waals surface area contributed by atoms with Gasteiger partial charge in [-0.15, -0.1) is 11.3 Å². The van der Waals surface area contributed by atoms with Crippen molar-refractivity contribution >= 4 is 55.9 Å². The molecule has 0 radical (unpaired) electrons. The normalized spacial score (nSPS) is 37.2. The maximum atomic E-state index is 13.0. The van der Waals surface area contributed by atoms with Crippen molar-refractivity contribution in [1.82, 2.24) is 9.29 Å². The number of epoxide rings is 1. The molecule has 1 amide bonds. The third kappa shape index (κ3) is 4.95. The van der Waals surface area contributed by atoms with Gasteiger partial charge in [0.2, 0.25) is 0 Å². The molecule has 15 heteroatoms. The minimum Gasteiger partial charge on any atom is -0.505 e. The second kappa shape index (κ2) is 12.0. The van der Waals surface area contributed by atoms with Crippen LogP contribution in [0.1, 0.15) is 75.7 Å². The highest BCUT2D eigenvalue weighted by Crippen LogP contribution is 2.78. The van der Waals surface area contributed by atoms with Crippen molar-refractivity contribution in [3.8, 4) is 0 Å². The fourth-order valence-corrected chi connectivity index (χ4v) is 13.0. The Morgan fingerprint density at radius 3 is 2.57 bits per heavy atom. The molecule has 13 nitrogen and oxygen atoms in total. The monoisotopic (exact) mass is 765 g/mol. The summed E-state index contributed by atoms with van der Waals surface area (Å²) in [4.78, 5) is 54.7. The van der Waals surface area contributed by atoms with Gasteiger partial charge in [-0.1, -0.05) is 31.6 Å². The van der Waals surface area contributed by atoms with E-state index >= 15 is 0 Å². The van der Waals surface area contributed by atoms with Crippen LogP contribution in [0.25, 0.3) is 5.76 Å². The van der Waals surface area contributed by atoms with Crippen LogP contribution >= 0.6 is 11.3 Å². The summed E-state index contributed by atoms with van der Waals surface area (Å²) in [5.41, 5.74) is -0.408. The summed E-state index contributed by atoms with van der Waals surface area (Å²) in [6.07, 6.45) is 9.20. The smallest absolute Gasteiger partial charge is 0.309 e. The van der Waals surface area contributed by atoms with Crippen LogP contribution in [0.3, 0.4) is 0 Å². The highest BCUT2D eigenvalue weighted by Gasteiger charge is 2.83. The number of carbonyl (C=O) groups is 4. The van der Waals surface area contributed by atoms with Crippen molar-refractivity contribution in [3.63, 3.8) is 0 Å². The lowest BCUT2D eigenvalue weighted by Crippen LogP contribution is -2.63. The Hall–Kier alpha value is -4.08. The molecule has 2 saturated heterocycles. The standard InChI is InChI=1S/C24H30O6.C14H13N3O4S2/c1-21-7-4-14(25)10-13(21)11-15(20(27)28-3)19-16-5-8-23(9-6-18(26)30-23)22(16,2)12-17-24(19,21)29-17;1-8-7-15-14(22-8)16-13(19)11-12(18)9-5-3-4-6-10(9)23(20,21)17(11)2/h10,15-17,19H,4-9,11-12H2,1-3H3;3-7,18H,1-2H3,(H,15,16,19)/t15-,16+,17-,19+,21+,22+,23-,24-;/m1./s1. The fraction of sp³-hybridized carbons (Fsp3) is 0.553. The van der Waals surface area contributed by atoms with E-state index < -0.39 is 27.1 Å². The first kappa shape index (κ1) is 35.9. The Morgan fingerprint density at radius 2 is 1.89 bits per heavy atom. The predicted molar refractivity (Wildman–Crippen MR) is 192 cm³/mol. The van der Waals surface area contributed by atoms with E-state index in [9.17, 15) is 32.7 Å². The highest BCUT2D eigenvalue weighted by atomic mass is 32.2. The van der Waals surface area contributed by atoms with Gasteiger partial charge in [-0.25, -0.2) is 13.4 Å². The van der Waals surface area contributed by atoms with Crippen LogP contribution in [-0.2, 0) is 43.4 Å². The minimum atomic E-state index is -3.90. The van der Waals surface area contributed by atoms with Crippen LogP contribution in [0.4, 0.5) is 5.13 Å². The zero-order valence-electron chi connectivity index (χ0n) is 30.3. The average molecular weight is 766 g/mol. The number of nitrogens with one attached hydrogen (secondary N) is 1. The van der Waals surface area contributed by atoms with E-state index in [4.69, 9.17) is 14.2 Å². The molecule has 4 aliphatic carbocycles. The van der Waals surface area contributed by atoms with Gasteiger partial charge >= 0.3 is 11.9 Å². The van der Waals surface area contributed by atoms with Gasteiger partial charge in [-0.3, -0.25) is 28.8 Å². The van der Waals surface area contributed by atoms with Crippen molar-refractivity contribution in [2.75, 3.05) is 19.5 Å². The number of aromatic nitrogens is 1. The van der Waals surface area contributed by atoms with Crippen LogP contribution in [0.2, 0.25) is 0 Å². The molecular formula is C38H43N3O10S2. The first-order valence-electron chi connectivity index (χ1n) is 18.0. The van der Waals surface area contributed by atoms with Gasteiger partial charge in [-0.05, 0) is 69.6 Å². The number of anilines is 1. The second-order valence-electron chi connectivity index (χ2n) is 15.9. The number of likely N-dealkylation sites (N-methyl/N-ethyl adjacent to an activating group) is 1. The van der Waals surface area contributed by atoms with Gasteiger partial charge in [0.05, 0.1) is 24.0 Å². The van der Waals surface area contributed by atoms with Gasteiger partial charge in [0.25, 0.3) is 15.9 Å². The Kier molecular flexibility index (Phi) is 8.11. The number of sulfonamides is 1. The molecule has 1 aromatic heterocycles. The highest BCUT2D eigenvalue weighted by molar-refractivity contribution is 7.89. The molecule has 4 heterocycles. The van der Waals surface area contributed by atoms with Crippen LogP contribution < -0.4 is 5.32 Å². The number of amides is 1. The number of fused-ring (bicyclic) bond motifs is 5. The topological polar surface area (TPSA) is 182 Å². The molecule has 3 saturated carbocycles. The molecule has 1 aromatic carbocycles. The molecule has 0 unspecified atom stereocenters. The molecule has 9 rings (SSSR count). The molecular weight excluding hydrogens is 723 g/mol. The number of methoxy groups -OCH3 is 1. The lowest BCUT2D eigenvalue weighted by atomic mass is 9.43. The van der Waals surface area contributed by atoms with Crippen molar-refractivity contribution in [2.24, 2.45) is 28.6 Å². The third-order valence-electron chi connectivity index (χ3n) is 13.6. The fourth-order valence-electron chi connectivity index (χ4n) is 10.9. The van der Waals surface area contributed by atoms with Gasteiger partial charge in [0.15, 0.2) is 22.4 Å². The number of aryl methyl sites for hydroxylation is 1. The summed E-state index contributed by atoms with van der Waals surface area (Å²) >= 11 is 1.25. The predicted octanol–water partition coefficient (Wildman–Crippen LogP) is 5.08. The molecule has 282 valence electrons. The number of benzene rings is 1. The minimum absolute atomic E-state index is 0.0303. The summed E-state index contributed by atoms with van der Waals surface area (Å²) in [7, 11) is -1.22. The Labute approximate surface area is 311 Å². The molecule has 0 bridgehead atoms. The number of ether oxygens (including phenoxy) is 3. The zero-order valence-corrected chi connectivity index (χ0v) is 31.9. The number of aliphatic hydroxyl groups is 1. The van der Waals surface area contributed by atoms with Crippen molar-refractivity contribution < 1.29 is 46.9 Å². The molecule has 8 atom stereocenters.